The summed E-state index contributed by atoms with van der Waals surface area (Å²) < 4.78 is 25.5. The smallest absolute Gasteiger partial charge is 0.323 e. The maximum absolute atomic E-state index is 13.4. The van der Waals surface area contributed by atoms with Crippen molar-refractivity contribution in [2.45, 2.75) is 38.0 Å². The molecule has 0 aliphatic heterocycles. The number of rotatable bonds is 13. The molecule has 1 aliphatic carbocycles. The normalized spacial score (nSPS) is 13.3. The number of sulfonamides is 1. The Morgan fingerprint density at radius 3 is 2.22 bits per heavy atom. The molecule has 0 saturated heterocycles. The van der Waals surface area contributed by atoms with Crippen molar-refractivity contribution in [2.24, 2.45) is 5.73 Å². The monoisotopic (exact) mass is 593 g/mol. The molecule has 216 valence electrons. The molecule has 0 fully saturated rings. The van der Waals surface area contributed by atoms with Crippen LogP contribution in [0.3, 0.4) is 0 Å². The van der Waals surface area contributed by atoms with E-state index in [2.05, 4.69) is 39.3 Å². The molecule has 3 amide bonds. The fourth-order valence-electron chi connectivity index (χ4n) is 4.76. The lowest BCUT2D eigenvalue weighted by molar-refractivity contribution is -0.118. The first-order chi connectivity index (χ1) is 19.7. The van der Waals surface area contributed by atoms with Gasteiger partial charge in [-0.15, -0.1) is 11.3 Å². The first-order valence-electron chi connectivity index (χ1n) is 13.5. The molecule has 0 saturated carbocycles. The molecular weight excluding hydrogens is 558 g/mol. The standard InChI is InChI=1S/C30H35N5O4S2/c1-41(38,39)34-25-16-14-24(15-17-25)27-21-40-29(32-27)33-30(37)35(19-8-13-28(31)36)20-18-26(22-9-4-2-5-10-22)23-11-6-3-7-12-23/h2-7,9-12,14,16,21,26,34H,8,13,15,17-20H2,1H3,(H2,31,36)(H,32,33,37). The summed E-state index contributed by atoms with van der Waals surface area (Å²) >= 11 is 1.33. The van der Waals surface area contributed by atoms with E-state index in [-0.39, 0.29) is 18.4 Å². The van der Waals surface area contributed by atoms with Crippen LogP contribution in [-0.2, 0) is 14.8 Å². The molecule has 0 spiro atoms. The lowest BCUT2D eigenvalue weighted by Crippen LogP contribution is -2.37. The lowest BCUT2D eigenvalue weighted by atomic mass is 9.88. The van der Waals surface area contributed by atoms with E-state index in [1.54, 1.807) is 11.0 Å². The van der Waals surface area contributed by atoms with Crippen LogP contribution in [-0.4, -0.2) is 49.6 Å². The quantitative estimate of drug-likeness (QED) is 0.254. The van der Waals surface area contributed by atoms with Crippen molar-refractivity contribution in [2.75, 3.05) is 24.7 Å². The third-order valence-electron chi connectivity index (χ3n) is 6.74. The summed E-state index contributed by atoms with van der Waals surface area (Å²) in [5.74, 6) is -0.297. The number of allylic oxidation sites excluding steroid dienone is 4. The molecule has 3 aromatic rings. The van der Waals surface area contributed by atoms with Gasteiger partial charge in [-0.1, -0.05) is 66.7 Å². The number of urea groups is 1. The summed E-state index contributed by atoms with van der Waals surface area (Å²) in [6.07, 6.45) is 7.27. The van der Waals surface area contributed by atoms with Crippen molar-refractivity contribution in [1.29, 1.82) is 0 Å². The molecule has 1 aliphatic rings. The summed E-state index contributed by atoms with van der Waals surface area (Å²) in [5.41, 5.74) is 10.0. The second-order valence-corrected chi connectivity index (χ2v) is 12.6. The molecule has 0 radical (unpaired) electrons. The number of primary amides is 1. The highest BCUT2D eigenvalue weighted by Gasteiger charge is 2.21. The van der Waals surface area contributed by atoms with Crippen molar-refractivity contribution < 1.29 is 18.0 Å². The van der Waals surface area contributed by atoms with Crippen molar-refractivity contribution >= 4 is 44.0 Å². The third-order valence-corrected chi connectivity index (χ3v) is 8.13. The van der Waals surface area contributed by atoms with Crippen LogP contribution in [0.1, 0.15) is 54.8 Å². The Bertz CT molecular complexity index is 1460. The molecular formula is C30H35N5O4S2. The zero-order valence-electron chi connectivity index (χ0n) is 23.0. The van der Waals surface area contributed by atoms with E-state index in [4.69, 9.17) is 5.73 Å². The van der Waals surface area contributed by atoms with Crippen molar-refractivity contribution in [3.8, 4) is 0 Å². The largest absolute Gasteiger partial charge is 0.370 e. The molecule has 4 N–H and O–H groups in total. The topological polar surface area (TPSA) is 134 Å². The number of carbonyl (C=O) groups is 2. The Morgan fingerprint density at radius 1 is 1.00 bits per heavy atom. The maximum atomic E-state index is 13.4. The van der Waals surface area contributed by atoms with Crippen LogP contribution in [0.25, 0.3) is 5.57 Å². The van der Waals surface area contributed by atoms with Crippen molar-refractivity contribution in [1.82, 2.24) is 14.6 Å². The predicted octanol–water partition coefficient (Wildman–Crippen LogP) is 5.08. The van der Waals surface area contributed by atoms with E-state index >= 15 is 0 Å². The highest BCUT2D eigenvalue weighted by Crippen LogP contribution is 2.30. The zero-order valence-corrected chi connectivity index (χ0v) is 24.6. The first-order valence-corrected chi connectivity index (χ1v) is 16.2. The average molecular weight is 594 g/mol. The number of nitrogens with zero attached hydrogens (tertiary/aromatic N) is 2. The van der Waals surface area contributed by atoms with Gasteiger partial charge in [0, 0.05) is 36.5 Å². The Hall–Kier alpha value is -3.96. The molecule has 4 rings (SSSR count). The van der Waals surface area contributed by atoms with E-state index in [0.717, 1.165) is 17.5 Å². The van der Waals surface area contributed by atoms with Gasteiger partial charge >= 0.3 is 6.03 Å². The van der Waals surface area contributed by atoms with E-state index in [1.807, 2.05) is 47.9 Å². The van der Waals surface area contributed by atoms with Crippen LogP contribution >= 0.6 is 11.3 Å². The van der Waals surface area contributed by atoms with Gasteiger partial charge < -0.3 is 10.6 Å². The maximum Gasteiger partial charge on any atom is 0.323 e. The summed E-state index contributed by atoms with van der Waals surface area (Å²) in [6.45, 7) is 0.860. The first kappa shape index (κ1) is 30.0. The van der Waals surface area contributed by atoms with Gasteiger partial charge in [-0.2, -0.15) is 0 Å². The van der Waals surface area contributed by atoms with Gasteiger partial charge in [0.05, 0.1) is 11.9 Å². The van der Waals surface area contributed by atoms with Gasteiger partial charge in [0.1, 0.15) is 0 Å². The van der Waals surface area contributed by atoms with Crippen LogP contribution in [0.4, 0.5) is 9.93 Å². The number of aromatic nitrogens is 1. The molecule has 2 aromatic carbocycles. The van der Waals surface area contributed by atoms with Gasteiger partial charge in [0.15, 0.2) is 5.13 Å². The predicted molar refractivity (Wildman–Crippen MR) is 164 cm³/mol. The SMILES string of the molecule is CS(=O)(=O)NC1=CC=C(c2csc(NC(=O)N(CCCC(N)=O)CCC(c3ccccc3)c3ccccc3)n2)CC1. The number of nitrogens with two attached hydrogens (primary N) is 1. The number of carbonyl (C=O) groups excluding carboxylic acids is 2. The summed E-state index contributed by atoms with van der Waals surface area (Å²) in [7, 11) is -3.32. The number of anilines is 1. The van der Waals surface area contributed by atoms with E-state index < -0.39 is 15.9 Å². The van der Waals surface area contributed by atoms with E-state index in [1.165, 1.54) is 22.5 Å². The number of hydrogen-bond donors (Lipinski definition) is 3. The highest BCUT2D eigenvalue weighted by atomic mass is 32.2. The number of benzene rings is 2. The Labute approximate surface area is 245 Å². The molecule has 1 aromatic heterocycles. The van der Waals surface area contributed by atoms with Crippen LogP contribution in [0.2, 0.25) is 0 Å². The fourth-order valence-corrected chi connectivity index (χ4v) is 6.13. The van der Waals surface area contributed by atoms with Crippen LogP contribution in [0.15, 0.2) is 83.9 Å². The molecule has 0 unspecified atom stereocenters. The van der Waals surface area contributed by atoms with Crippen molar-refractivity contribution in [3.63, 3.8) is 0 Å². The molecule has 0 atom stereocenters. The average Bonchev–Trinajstić information content (AvgIpc) is 3.41. The molecule has 1 heterocycles. The lowest BCUT2D eigenvalue weighted by Gasteiger charge is -2.26. The second kappa shape index (κ2) is 14.1. The van der Waals surface area contributed by atoms with Crippen molar-refractivity contribution in [3.05, 3.63) is 101 Å². The highest BCUT2D eigenvalue weighted by molar-refractivity contribution is 7.88. The number of nitrogens with one attached hydrogen (secondary N) is 2. The molecule has 41 heavy (non-hydrogen) atoms. The van der Waals surface area contributed by atoms with E-state index in [9.17, 15) is 18.0 Å². The Morgan fingerprint density at radius 2 is 1.66 bits per heavy atom. The zero-order chi connectivity index (χ0) is 29.2. The molecule has 0 bridgehead atoms. The molecule has 11 heteroatoms. The number of thiazole rings is 1. The Kier molecular flexibility index (Phi) is 10.3. The van der Waals surface area contributed by atoms with Gasteiger partial charge in [-0.3, -0.25) is 14.8 Å². The fraction of sp³-hybridized carbons (Fsp3) is 0.300. The van der Waals surface area contributed by atoms with Crippen LogP contribution < -0.4 is 15.8 Å². The Balaban J connectivity index is 1.45. The summed E-state index contributed by atoms with van der Waals surface area (Å²) in [4.78, 5) is 31.1. The number of hydrogen-bond acceptors (Lipinski definition) is 6. The summed E-state index contributed by atoms with van der Waals surface area (Å²) in [5, 5.41) is 5.27. The van der Waals surface area contributed by atoms with E-state index in [0.29, 0.717) is 49.6 Å². The van der Waals surface area contributed by atoms with Gasteiger partial charge in [-0.25, -0.2) is 18.2 Å². The van der Waals surface area contributed by atoms with Crippen LogP contribution in [0, 0.1) is 0 Å². The van der Waals surface area contributed by atoms with Gasteiger partial charge in [0.25, 0.3) is 0 Å². The minimum absolute atomic E-state index is 0.101. The second-order valence-electron chi connectivity index (χ2n) is 9.95. The minimum atomic E-state index is -3.32. The minimum Gasteiger partial charge on any atom is -0.370 e. The summed E-state index contributed by atoms with van der Waals surface area (Å²) in [6, 6.07) is 20.2. The van der Waals surface area contributed by atoms with Gasteiger partial charge in [0.2, 0.25) is 15.9 Å². The van der Waals surface area contributed by atoms with Gasteiger partial charge in [-0.05, 0) is 48.5 Å². The third kappa shape index (κ3) is 9.29. The molecule has 9 nitrogen and oxygen atoms in total. The number of amides is 3. The van der Waals surface area contributed by atoms with Crippen LogP contribution in [0.5, 0.6) is 0 Å².